The Hall–Kier alpha value is -2.97. The third-order valence-corrected chi connectivity index (χ3v) is 5.70. The van der Waals surface area contributed by atoms with E-state index in [-0.39, 0.29) is 17.5 Å². The van der Waals surface area contributed by atoms with E-state index in [9.17, 15) is 19.7 Å². The number of non-ortho nitro benzene ring substituents is 1. The zero-order valence-corrected chi connectivity index (χ0v) is 17.0. The van der Waals surface area contributed by atoms with Gasteiger partial charge in [-0.2, -0.15) is 0 Å². The van der Waals surface area contributed by atoms with Crippen LogP contribution in [0.3, 0.4) is 0 Å². The van der Waals surface area contributed by atoms with Gasteiger partial charge in [-0.3, -0.25) is 29.4 Å². The van der Waals surface area contributed by atoms with Crippen LogP contribution in [-0.4, -0.2) is 34.3 Å². The SMILES string of the molecule is CCCCN1C(=O)[C@H]2[C@H](ON(c3ccc(Cl)cc3)[C@@H]2c2cccc([N+](=O)[O-])c2)C1=O. The Morgan fingerprint density at radius 2 is 1.87 bits per heavy atom. The number of halogens is 1. The van der Waals surface area contributed by atoms with Crippen molar-refractivity contribution in [2.45, 2.75) is 31.9 Å². The van der Waals surface area contributed by atoms with Crippen LogP contribution in [0.1, 0.15) is 31.4 Å². The zero-order valence-electron chi connectivity index (χ0n) is 16.2. The van der Waals surface area contributed by atoms with Gasteiger partial charge in [0.1, 0.15) is 5.92 Å². The Morgan fingerprint density at radius 3 is 2.53 bits per heavy atom. The lowest BCUT2D eigenvalue weighted by Gasteiger charge is -2.28. The maximum absolute atomic E-state index is 13.2. The molecule has 0 aliphatic carbocycles. The molecular weight excluding hydrogens is 410 g/mol. The molecule has 0 spiro atoms. The van der Waals surface area contributed by atoms with Crippen molar-refractivity contribution >= 4 is 34.8 Å². The van der Waals surface area contributed by atoms with Crippen LogP contribution in [0.25, 0.3) is 0 Å². The van der Waals surface area contributed by atoms with Gasteiger partial charge in [0, 0.05) is 23.7 Å². The lowest BCUT2D eigenvalue weighted by Crippen LogP contribution is -2.37. The van der Waals surface area contributed by atoms with Crippen LogP contribution in [0.2, 0.25) is 5.02 Å². The number of hydroxylamine groups is 1. The van der Waals surface area contributed by atoms with Gasteiger partial charge in [0.25, 0.3) is 11.6 Å². The number of amides is 2. The Labute approximate surface area is 178 Å². The molecule has 2 aliphatic heterocycles. The molecule has 2 saturated heterocycles. The smallest absolute Gasteiger partial charge is 0.269 e. The van der Waals surface area contributed by atoms with E-state index in [0.717, 1.165) is 6.42 Å². The van der Waals surface area contributed by atoms with Crippen LogP contribution in [0.15, 0.2) is 48.5 Å². The minimum atomic E-state index is -0.964. The quantitative estimate of drug-likeness (QED) is 0.393. The average molecular weight is 430 g/mol. The summed E-state index contributed by atoms with van der Waals surface area (Å²) in [6, 6.07) is 12.2. The largest absolute Gasteiger partial charge is 0.280 e. The summed E-state index contributed by atoms with van der Waals surface area (Å²) in [7, 11) is 0. The standard InChI is InChI=1S/C21H20ClN3O5/c1-2-3-11-23-20(26)17-18(13-5-4-6-16(12-13)25(28)29)24(30-19(17)21(23)27)15-9-7-14(22)8-10-15/h4-10,12,17-19H,2-3,11H2,1H3/t17-,18-,19+/m1/s1. The molecule has 2 aromatic carbocycles. The van der Waals surface area contributed by atoms with E-state index in [1.807, 2.05) is 6.92 Å². The number of nitro benzene ring substituents is 1. The Kier molecular flexibility index (Phi) is 5.44. The molecule has 0 radical (unpaired) electrons. The first kappa shape index (κ1) is 20.3. The summed E-state index contributed by atoms with van der Waals surface area (Å²) < 4.78 is 0. The first-order valence-corrected chi connectivity index (χ1v) is 10.1. The van der Waals surface area contributed by atoms with E-state index >= 15 is 0 Å². The number of hydrogen-bond donors (Lipinski definition) is 0. The van der Waals surface area contributed by atoms with Gasteiger partial charge in [-0.05, 0) is 36.2 Å². The maximum atomic E-state index is 13.2. The van der Waals surface area contributed by atoms with Crippen LogP contribution in [0, 0.1) is 16.0 Å². The average Bonchev–Trinajstić information content (AvgIpc) is 3.24. The van der Waals surface area contributed by atoms with E-state index in [4.69, 9.17) is 16.4 Å². The first-order chi connectivity index (χ1) is 14.4. The third-order valence-electron chi connectivity index (χ3n) is 5.45. The van der Waals surface area contributed by atoms with E-state index in [0.29, 0.717) is 29.2 Å². The number of nitrogens with zero attached hydrogens (tertiary/aromatic N) is 3. The molecule has 8 nitrogen and oxygen atoms in total. The topological polar surface area (TPSA) is 93.0 Å². The molecule has 2 heterocycles. The minimum Gasteiger partial charge on any atom is -0.280 e. The van der Waals surface area contributed by atoms with E-state index < -0.39 is 23.0 Å². The van der Waals surface area contributed by atoms with Gasteiger partial charge in [0.15, 0.2) is 6.10 Å². The van der Waals surface area contributed by atoms with Crippen LogP contribution in [0.5, 0.6) is 0 Å². The second-order valence-electron chi connectivity index (χ2n) is 7.33. The third kappa shape index (κ3) is 3.42. The molecule has 4 rings (SSSR count). The number of benzene rings is 2. The zero-order chi connectivity index (χ0) is 21.4. The van der Waals surface area contributed by atoms with Crippen LogP contribution in [0.4, 0.5) is 11.4 Å². The van der Waals surface area contributed by atoms with Crippen molar-refractivity contribution < 1.29 is 19.3 Å². The number of nitro groups is 1. The number of carbonyl (C=O) groups excluding carboxylic acids is 2. The van der Waals surface area contributed by atoms with Gasteiger partial charge in [0.2, 0.25) is 5.91 Å². The van der Waals surface area contributed by atoms with Crippen molar-refractivity contribution in [3.05, 3.63) is 69.2 Å². The fourth-order valence-electron chi connectivity index (χ4n) is 3.98. The summed E-state index contributed by atoms with van der Waals surface area (Å²) in [5.74, 6) is -1.47. The molecule has 2 aromatic rings. The monoisotopic (exact) mass is 429 g/mol. The second-order valence-corrected chi connectivity index (χ2v) is 7.77. The predicted octanol–water partition coefficient (Wildman–Crippen LogP) is 3.89. The molecule has 3 atom stereocenters. The van der Waals surface area contributed by atoms with Gasteiger partial charge < -0.3 is 0 Å². The fraction of sp³-hybridized carbons (Fsp3) is 0.333. The molecule has 30 heavy (non-hydrogen) atoms. The molecule has 2 amide bonds. The van der Waals surface area contributed by atoms with E-state index in [1.165, 1.54) is 22.1 Å². The number of carbonyl (C=O) groups is 2. The molecule has 2 fully saturated rings. The van der Waals surface area contributed by atoms with Crippen LogP contribution < -0.4 is 5.06 Å². The van der Waals surface area contributed by atoms with Gasteiger partial charge in [-0.15, -0.1) is 0 Å². The highest BCUT2D eigenvalue weighted by molar-refractivity contribution is 6.30. The van der Waals surface area contributed by atoms with Gasteiger partial charge in [-0.1, -0.05) is 37.1 Å². The Bertz CT molecular complexity index is 996. The Morgan fingerprint density at radius 1 is 1.13 bits per heavy atom. The minimum absolute atomic E-state index is 0.0911. The number of unbranched alkanes of at least 4 members (excludes halogenated alkanes) is 1. The van der Waals surface area contributed by atoms with Crippen LogP contribution in [-0.2, 0) is 14.4 Å². The summed E-state index contributed by atoms with van der Waals surface area (Å²) in [5.41, 5.74) is 1.04. The lowest BCUT2D eigenvalue weighted by molar-refractivity contribution is -0.384. The number of imide groups is 1. The van der Waals surface area contributed by atoms with Crippen molar-refractivity contribution in [2.75, 3.05) is 11.6 Å². The molecule has 0 N–H and O–H groups in total. The molecule has 0 bridgehead atoms. The molecule has 0 aromatic heterocycles. The second kappa shape index (κ2) is 8.04. The van der Waals surface area contributed by atoms with Crippen molar-refractivity contribution in [2.24, 2.45) is 5.92 Å². The van der Waals surface area contributed by atoms with Gasteiger partial charge in [-0.25, -0.2) is 5.06 Å². The van der Waals surface area contributed by atoms with Crippen molar-refractivity contribution in [1.29, 1.82) is 0 Å². The normalized spacial score (nSPS) is 23.2. The predicted molar refractivity (Wildman–Crippen MR) is 110 cm³/mol. The molecule has 156 valence electrons. The van der Waals surface area contributed by atoms with Gasteiger partial charge in [0.05, 0.1) is 16.7 Å². The summed E-state index contributed by atoms with van der Waals surface area (Å²) in [5, 5.41) is 13.3. The number of fused-ring (bicyclic) bond motifs is 1. The molecule has 9 heteroatoms. The number of hydrogen-bond acceptors (Lipinski definition) is 6. The van der Waals surface area contributed by atoms with Crippen LogP contribution >= 0.6 is 11.6 Å². The summed E-state index contributed by atoms with van der Waals surface area (Å²) in [6.07, 6.45) is 0.590. The molecule has 2 aliphatic rings. The highest BCUT2D eigenvalue weighted by atomic mass is 35.5. The number of rotatable bonds is 6. The summed E-state index contributed by atoms with van der Waals surface area (Å²) in [4.78, 5) is 44.1. The highest BCUT2D eigenvalue weighted by Gasteiger charge is 2.59. The Balaban J connectivity index is 1.77. The summed E-state index contributed by atoms with van der Waals surface area (Å²) >= 11 is 5.99. The molecular formula is C21H20ClN3O5. The van der Waals surface area contributed by atoms with Gasteiger partial charge >= 0.3 is 0 Å². The van der Waals surface area contributed by atoms with Crippen molar-refractivity contribution in [3.63, 3.8) is 0 Å². The maximum Gasteiger partial charge on any atom is 0.269 e. The lowest BCUT2D eigenvalue weighted by atomic mass is 9.90. The molecule has 0 saturated carbocycles. The fourth-order valence-corrected chi connectivity index (χ4v) is 4.11. The number of likely N-dealkylation sites (tertiary alicyclic amines) is 1. The molecule has 0 unspecified atom stereocenters. The summed E-state index contributed by atoms with van der Waals surface area (Å²) in [6.45, 7) is 2.32. The van der Waals surface area contributed by atoms with E-state index in [2.05, 4.69) is 0 Å². The highest BCUT2D eigenvalue weighted by Crippen LogP contribution is 2.47. The van der Waals surface area contributed by atoms with E-state index in [1.54, 1.807) is 36.4 Å². The number of anilines is 1. The van der Waals surface area contributed by atoms with Crippen molar-refractivity contribution in [1.82, 2.24) is 4.90 Å². The first-order valence-electron chi connectivity index (χ1n) is 9.73. The van der Waals surface area contributed by atoms with Crippen molar-refractivity contribution in [3.8, 4) is 0 Å².